The zero-order valence-corrected chi connectivity index (χ0v) is 14.0. The SMILES string of the molecule is CCCOc1ccc(-c2csc(NC(=O)C3CCCN3)n2)cc1. The molecule has 6 heteroatoms. The minimum atomic E-state index is -0.0858. The molecule has 0 radical (unpaired) electrons. The molecule has 0 aliphatic carbocycles. The number of carbonyl (C=O) groups is 1. The van der Waals surface area contributed by atoms with Gasteiger partial charge in [-0.15, -0.1) is 11.3 Å². The van der Waals surface area contributed by atoms with Gasteiger partial charge in [-0.2, -0.15) is 0 Å². The molecule has 1 aromatic carbocycles. The zero-order chi connectivity index (χ0) is 16.1. The van der Waals surface area contributed by atoms with E-state index in [0.29, 0.717) is 5.13 Å². The average Bonchev–Trinajstić information content (AvgIpc) is 3.25. The zero-order valence-electron chi connectivity index (χ0n) is 13.2. The van der Waals surface area contributed by atoms with E-state index in [-0.39, 0.29) is 11.9 Å². The molecule has 1 amide bonds. The van der Waals surface area contributed by atoms with Gasteiger partial charge in [0.05, 0.1) is 18.3 Å². The van der Waals surface area contributed by atoms with Crippen molar-refractivity contribution < 1.29 is 9.53 Å². The van der Waals surface area contributed by atoms with E-state index in [4.69, 9.17) is 4.74 Å². The van der Waals surface area contributed by atoms with Gasteiger partial charge in [-0.1, -0.05) is 6.92 Å². The molecule has 5 nitrogen and oxygen atoms in total. The molecule has 0 bridgehead atoms. The van der Waals surface area contributed by atoms with Crippen LogP contribution in [0.15, 0.2) is 29.6 Å². The van der Waals surface area contributed by atoms with Crippen LogP contribution in [-0.4, -0.2) is 30.1 Å². The van der Waals surface area contributed by atoms with Crippen LogP contribution < -0.4 is 15.4 Å². The van der Waals surface area contributed by atoms with E-state index in [1.165, 1.54) is 11.3 Å². The fourth-order valence-corrected chi connectivity index (χ4v) is 3.23. The average molecular weight is 331 g/mol. The lowest BCUT2D eigenvalue weighted by Gasteiger charge is -2.08. The highest BCUT2D eigenvalue weighted by atomic mass is 32.1. The van der Waals surface area contributed by atoms with E-state index in [1.54, 1.807) is 0 Å². The van der Waals surface area contributed by atoms with Crippen molar-refractivity contribution in [1.29, 1.82) is 0 Å². The Morgan fingerprint density at radius 2 is 2.26 bits per heavy atom. The Morgan fingerprint density at radius 1 is 1.43 bits per heavy atom. The number of carbonyl (C=O) groups excluding carboxylic acids is 1. The van der Waals surface area contributed by atoms with E-state index in [0.717, 1.165) is 49.4 Å². The van der Waals surface area contributed by atoms with Gasteiger partial charge in [-0.05, 0) is 50.1 Å². The second-order valence-corrected chi connectivity index (χ2v) is 6.41. The van der Waals surface area contributed by atoms with Crippen LogP contribution in [-0.2, 0) is 4.79 Å². The normalized spacial score (nSPS) is 17.2. The van der Waals surface area contributed by atoms with Crippen LogP contribution in [0.1, 0.15) is 26.2 Å². The molecule has 0 spiro atoms. The van der Waals surface area contributed by atoms with Crippen molar-refractivity contribution in [2.24, 2.45) is 0 Å². The Kier molecular flexibility index (Phi) is 5.25. The van der Waals surface area contributed by atoms with Crippen LogP contribution in [0, 0.1) is 0 Å². The molecule has 1 aliphatic heterocycles. The van der Waals surface area contributed by atoms with Crippen molar-refractivity contribution in [2.75, 3.05) is 18.5 Å². The second kappa shape index (κ2) is 7.57. The standard InChI is InChI=1S/C17H21N3O2S/c1-2-10-22-13-7-5-12(6-8-13)15-11-23-17(19-15)20-16(21)14-4-3-9-18-14/h5-8,11,14,18H,2-4,9-10H2,1H3,(H,19,20,21). The summed E-state index contributed by atoms with van der Waals surface area (Å²) in [5.41, 5.74) is 1.89. The van der Waals surface area contributed by atoms with E-state index in [2.05, 4.69) is 22.5 Å². The van der Waals surface area contributed by atoms with Gasteiger partial charge in [-0.25, -0.2) is 4.98 Å². The van der Waals surface area contributed by atoms with E-state index in [1.807, 2.05) is 29.6 Å². The van der Waals surface area contributed by atoms with Crippen molar-refractivity contribution >= 4 is 22.4 Å². The summed E-state index contributed by atoms with van der Waals surface area (Å²) in [6.45, 7) is 3.72. The van der Waals surface area contributed by atoms with Gasteiger partial charge in [0.25, 0.3) is 0 Å². The van der Waals surface area contributed by atoms with Gasteiger partial charge < -0.3 is 15.4 Å². The summed E-state index contributed by atoms with van der Waals surface area (Å²) in [4.78, 5) is 16.6. The predicted molar refractivity (Wildman–Crippen MR) is 93.0 cm³/mol. The highest BCUT2D eigenvalue weighted by Gasteiger charge is 2.22. The molecular weight excluding hydrogens is 310 g/mol. The van der Waals surface area contributed by atoms with Crippen LogP contribution in [0.2, 0.25) is 0 Å². The van der Waals surface area contributed by atoms with Crippen molar-refractivity contribution in [2.45, 2.75) is 32.2 Å². The van der Waals surface area contributed by atoms with Gasteiger partial charge in [0, 0.05) is 10.9 Å². The molecule has 2 heterocycles. The maximum Gasteiger partial charge on any atom is 0.243 e. The van der Waals surface area contributed by atoms with Crippen LogP contribution >= 0.6 is 11.3 Å². The molecule has 122 valence electrons. The number of benzene rings is 1. The number of rotatable bonds is 6. The van der Waals surface area contributed by atoms with E-state index >= 15 is 0 Å². The number of aromatic nitrogens is 1. The minimum Gasteiger partial charge on any atom is -0.494 e. The number of nitrogens with zero attached hydrogens (tertiary/aromatic N) is 1. The maximum absolute atomic E-state index is 12.1. The molecule has 1 saturated heterocycles. The first kappa shape index (κ1) is 16.0. The van der Waals surface area contributed by atoms with Crippen LogP contribution in [0.5, 0.6) is 5.75 Å². The van der Waals surface area contributed by atoms with Gasteiger partial charge in [0.15, 0.2) is 5.13 Å². The topological polar surface area (TPSA) is 63.2 Å². The maximum atomic E-state index is 12.1. The highest BCUT2D eigenvalue weighted by Crippen LogP contribution is 2.26. The first-order valence-corrected chi connectivity index (χ1v) is 8.87. The Morgan fingerprint density at radius 3 is 2.96 bits per heavy atom. The number of amides is 1. The van der Waals surface area contributed by atoms with Crippen molar-refractivity contribution in [3.05, 3.63) is 29.6 Å². The molecule has 2 aromatic rings. The second-order valence-electron chi connectivity index (χ2n) is 5.55. The Labute approximate surface area is 140 Å². The molecule has 1 fully saturated rings. The summed E-state index contributed by atoms with van der Waals surface area (Å²) in [6.07, 6.45) is 2.93. The number of hydrogen-bond acceptors (Lipinski definition) is 5. The third kappa shape index (κ3) is 4.09. The molecular formula is C17H21N3O2S. The Hall–Kier alpha value is -1.92. The lowest BCUT2D eigenvalue weighted by molar-refractivity contribution is -0.117. The third-order valence-electron chi connectivity index (χ3n) is 3.73. The number of thiazole rings is 1. The predicted octanol–water partition coefficient (Wildman–Crippen LogP) is 3.29. The van der Waals surface area contributed by atoms with Gasteiger partial charge in [0.1, 0.15) is 5.75 Å². The summed E-state index contributed by atoms with van der Waals surface area (Å²) < 4.78 is 5.58. The van der Waals surface area contributed by atoms with Crippen molar-refractivity contribution in [3.63, 3.8) is 0 Å². The third-order valence-corrected chi connectivity index (χ3v) is 4.49. The minimum absolute atomic E-state index is 0.00622. The molecule has 1 aromatic heterocycles. The molecule has 2 N–H and O–H groups in total. The smallest absolute Gasteiger partial charge is 0.243 e. The Bertz CT molecular complexity index is 648. The molecule has 1 atom stereocenters. The molecule has 1 unspecified atom stereocenters. The first-order valence-electron chi connectivity index (χ1n) is 7.99. The monoisotopic (exact) mass is 331 g/mol. The fraction of sp³-hybridized carbons (Fsp3) is 0.412. The van der Waals surface area contributed by atoms with Gasteiger partial charge in [0.2, 0.25) is 5.91 Å². The van der Waals surface area contributed by atoms with Crippen molar-refractivity contribution in [1.82, 2.24) is 10.3 Å². The first-order chi connectivity index (χ1) is 11.3. The Balaban J connectivity index is 1.63. The van der Waals surface area contributed by atoms with Crippen LogP contribution in [0.25, 0.3) is 11.3 Å². The lowest BCUT2D eigenvalue weighted by atomic mass is 10.2. The quantitative estimate of drug-likeness (QED) is 0.852. The summed E-state index contributed by atoms with van der Waals surface area (Å²) >= 11 is 1.45. The summed E-state index contributed by atoms with van der Waals surface area (Å²) in [6, 6.07) is 7.79. The molecule has 0 saturated carbocycles. The lowest BCUT2D eigenvalue weighted by Crippen LogP contribution is -2.35. The number of nitrogens with one attached hydrogen (secondary N) is 2. The van der Waals surface area contributed by atoms with Crippen LogP contribution in [0.3, 0.4) is 0 Å². The summed E-state index contributed by atoms with van der Waals surface area (Å²) in [5, 5.41) is 8.68. The largest absolute Gasteiger partial charge is 0.494 e. The van der Waals surface area contributed by atoms with Gasteiger partial charge in [-0.3, -0.25) is 4.79 Å². The number of hydrogen-bond donors (Lipinski definition) is 2. The summed E-state index contributed by atoms with van der Waals surface area (Å²) in [7, 11) is 0. The molecule has 23 heavy (non-hydrogen) atoms. The molecule has 1 aliphatic rings. The fourth-order valence-electron chi connectivity index (χ4n) is 2.51. The molecule has 3 rings (SSSR count). The number of anilines is 1. The summed E-state index contributed by atoms with van der Waals surface area (Å²) in [5.74, 6) is 0.873. The van der Waals surface area contributed by atoms with Crippen LogP contribution in [0.4, 0.5) is 5.13 Å². The van der Waals surface area contributed by atoms with E-state index < -0.39 is 0 Å². The highest BCUT2D eigenvalue weighted by molar-refractivity contribution is 7.14. The van der Waals surface area contributed by atoms with Crippen molar-refractivity contribution in [3.8, 4) is 17.0 Å². The number of ether oxygens (including phenoxy) is 1. The van der Waals surface area contributed by atoms with E-state index in [9.17, 15) is 4.79 Å². The van der Waals surface area contributed by atoms with Gasteiger partial charge >= 0.3 is 0 Å².